The monoisotopic (exact) mass is 358 g/mol. The summed E-state index contributed by atoms with van der Waals surface area (Å²) in [6.07, 6.45) is 0.950. The average molecular weight is 359 g/mol. The molecule has 0 bridgehead atoms. The number of hydrogen-bond acceptors (Lipinski definition) is 5. The largest absolute Gasteiger partial charge is 0.504 e. The van der Waals surface area contributed by atoms with E-state index >= 15 is 0 Å². The molecule has 4 N–H and O–H groups in total. The van der Waals surface area contributed by atoms with Gasteiger partial charge < -0.3 is 20.8 Å². The van der Waals surface area contributed by atoms with Crippen molar-refractivity contribution in [1.29, 1.82) is 0 Å². The van der Waals surface area contributed by atoms with Crippen molar-refractivity contribution in [2.24, 2.45) is 0 Å². The number of ketones is 1. The van der Waals surface area contributed by atoms with Crippen molar-refractivity contribution in [3.8, 4) is 11.5 Å². The Labute approximate surface area is 151 Å². The van der Waals surface area contributed by atoms with Gasteiger partial charge in [-0.1, -0.05) is 11.6 Å². The van der Waals surface area contributed by atoms with E-state index in [1.54, 1.807) is 31.2 Å². The quantitative estimate of drug-likeness (QED) is 0.385. The van der Waals surface area contributed by atoms with E-state index in [2.05, 4.69) is 10.6 Å². The number of carbonyl (C=O) groups excluding carboxylic acids is 1. The van der Waals surface area contributed by atoms with E-state index < -0.39 is 0 Å². The standard InChI is InChI=1S/C19H19ClN2O3/c1-11-9-15(23)16(24)10-14(11)17(19-21-7-2-8-22-19)18(25)12-3-5-13(20)6-4-12/h3-6,9-10,21-24H,2,7-8H2,1H3. The molecule has 3 rings (SSSR count). The summed E-state index contributed by atoms with van der Waals surface area (Å²) in [5, 5.41) is 26.6. The maximum Gasteiger partial charge on any atom is 0.197 e. The van der Waals surface area contributed by atoms with Crippen LogP contribution in [0.15, 0.2) is 42.2 Å². The van der Waals surface area contributed by atoms with Gasteiger partial charge in [0.1, 0.15) is 5.82 Å². The molecule has 5 nitrogen and oxygen atoms in total. The molecule has 0 unspecified atom stereocenters. The molecule has 2 aromatic carbocycles. The third-order valence-electron chi connectivity index (χ3n) is 4.13. The molecule has 130 valence electrons. The van der Waals surface area contributed by atoms with Crippen molar-refractivity contribution in [3.05, 3.63) is 63.9 Å². The molecule has 1 aliphatic rings. The first-order valence-electron chi connectivity index (χ1n) is 8.02. The summed E-state index contributed by atoms with van der Waals surface area (Å²) in [5.41, 5.74) is 2.17. The Bertz CT molecular complexity index is 836. The third kappa shape index (κ3) is 3.56. The number of carbonyl (C=O) groups is 1. The van der Waals surface area contributed by atoms with Gasteiger partial charge in [-0.25, -0.2) is 0 Å². The fourth-order valence-electron chi connectivity index (χ4n) is 2.82. The Hall–Kier alpha value is -2.66. The highest BCUT2D eigenvalue weighted by molar-refractivity contribution is 6.32. The minimum absolute atomic E-state index is 0.193. The summed E-state index contributed by atoms with van der Waals surface area (Å²) in [5.74, 6) is -0.0475. The zero-order chi connectivity index (χ0) is 18.0. The van der Waals surface area contributed by atoms with Crippen LogP contribution < -0.4 is 10.6 Å². The van der Waals surface area contributed by atoms with Crippen LogP contribution in [-0.4, -0.2) is 29.1 Å². The number of rotatable bonds is 3. The Morgan fingerprint density at radius 2 is 1.64 bits per heavy atom. The Morgan fingerprint density at radius 3 is 2.28 bits per heavy atom. The Kier molecular flexibility index (Phi) is 4.86. The highest BCUT2D eigenvalue weighted by atomic mass is 35.5. The fourth-order valence-corrected chi connectivity index (χ4v) is 2.95. The first-order valence-corrected chi connectivity index (χ1v) is 8.40. The van der Waals surface area contributed by atoms with E-state index in [9.17, 15) is 15.0 Å². The van der Waals surface area contributed by atoms with E-state index in [-0.39, 0.29) is 17.3 Å². The van der Waals surface area contributed by atoms with Gasteiger partial charge in [-0.3, -0.25) is 4.79 Å². The molecule has 0 amide bonds. The van der Waals surface area contributed by atoms with Gasteiger partial charge >= 0.3 is 0 Å². The van der Waals surface area contributed by atoms with Crippen LogP contribution in [0.2, 0.25) is 5.02 Å². The van der Waals surface area contributed by atoms with Gasteiger partial charge in [-0.2, -0.15) is 0 Å². The van der Waals surface area contributed by atoms with Gasteiger partial charge in [-0.15, -0.1) is 0 Å². The predicted octanol–water partition coefficient (Wildman–Crippen LogP) is 3.19. The van der Waals surface area contributed by atoms with Crippen LogP contribution in [0.4, 0.5) is 0 Å². The van der Waals surface area contributed by atoms with Crippen LogP contribution >= 0.6 is 11.6 Å². The zero-order valence-corrected chi connectivity index (χ0v) is 14.5. The number of halogens is 1. The molecule has 0 aliphatic carbocycles. The molecular formula is C19H19ClN2O3. The summed E-state index contributed by atoms with van der Waals surface area (Å²) in [7, 11) is 0. The molecule has 6 heteroatoms. The lowest BCUT2D eigenvalue weighted by Gasteiger charge is -2.24. The lowest BCUT2D eigenvalue weighted by atomic mass is 9.92. The van der Waals surface area contributed by atoms with Crippen molar-refractivity contribution in [3.63, 3.8) is 0 Å². The highest BCUT2D eigenvalue weighted by Crippen LogP contribution is 2.34. The number of aromatic hydroxyl groups is 2. The summed E-state index contributed by atoms with van der Waals surface area (Å²) >= 11 is 5.92. The highest BCUT2D eigenvalue weighted by Gasteiger charge is 2.23. The van der Waals surface area contributed by atoms with Gasteiger partial charge in [0.05, 0.1) is 5.57 Å². The summed E-state index contributed by atoms with van der Waals surface area (Å²) in [6.45, 7) is 3.29. The molecule has 1 saturated heterocycles. The zero-order valence-electron chi connectivity index (χ0n) is 13.8. The molecule has 2 aromatic rings. The van der Waals surface area contributed by atoms with Gasteiger partial charge in [0.15, 0.2) is 17.3 Å². The van der Waals surface area contributed by atoms with E-state index in [1.807, 2.05) is 0 Å². The summed E-state index contributed by atoms with van der Waals surface area (Å²) in [6, 6.07) is 9.54. The van der Waals surface area contributed by atoms with Crippen molar-refractivity contribution in [1.82, 2.24) is 10.6 Å². The summed E-state index contributed by atoms with van der Waals surface area (Å²) < 4.78 is 0. The number of aryl methyl sites for hydroxylation is 1. The average Bonchev–Trinajstić information content (AvgIpc) is 2.61. The van der Waals surface area contributed by atoms with Crippen molar-refractivity contribution in [2.45, 2.75) is 13.3 Å². The first-order chi connectivity index (χ1) is 12.0. The lowest BCUT2D eigenvalue weighted by molar-refractivity contribution is 0.105. The van der Waals surface area contributed by atoms with Crippen LogP contribution in [-0.2, 0) is 0 Å². The smallest absolute Gasteiger partial charge is 0.197 e. The molecule has 1 heterocycles. The number of allylic oxidation sites excluding steroid dienone is 1. The normalized spacial score (nSPS) is 13.8. The van der Waals surface area contributed by atoms with Gasteiger partial charge in [-0.05, 0) is 60.9 Å². The van der Waals surface area contributed by atoms with Crippen LogP contribution in [0, 0.1) is 6.92 Å². The molecule has 0 aromatic heterocycles. The van der Waals surface area contributed by atoms with Crippen molar-refractivity contribution in [2.75, 3.05) is 13.1 Å². The molecule has 0 radical (unpaired) electrons. The van der Waals surface area contributed by atoms with Crippen molar-refractivity contribution >= 4 is 23.0 Å². The molecule has 1 aliphatic heterocycles. The molecular weight excluding hydrogens is 340 g/mol. The van der Waals surface area contributed by atoms with Crippen molar-refractivity contribution < 1.29 is 15.0 Å². The van der Waals surface area contributed by atoms with Gasteiger partial charge in [0, 0.05) is 23.7 Å². The number of benzene rings is 2. The van der Waals surface area contributed by atoms with Crippen LogP contribution in [0.5, 0.6) is 11.5 Å². The molecule has 1 fully saturated rings. The SMILES string of the molecule is Cc1cc(O)c(O)cc1C(C(=O)c1ccc(Cl)cc1)=C1NCCCN1. The second kappa shape index (κ2) is 7.07. The van der Waals surface area contributed by atoms with Crippen LogP contribution in [0.3, 0.4) is 0 Å². The minimum Gasteiger partial charge on any atom is -0.504 e. The van der Waals surface area contributed by atoms with Gasteiger partial charge in [0.25, 0.3) is 0 Å². The number of phenolic OH excluding ortho intramolecular Hbond substituents is 2. The number of Topliss-reactive ketones (excluding diaryl/α,β-unsaturated/α-hetero) is 1. The third-order valence-corrected chi connectivity index (χ3v) is 4.38. The topological polar surface area (TPSA) is 81.6 Å². The minimum atomic E-state index is -0.265. The maximum atomic E-state index is 13.2. The van der Waals surface area contributed by atoms with Gasteiger partial charge in [0.2, 0.25) is 0 Å². The number of hydrogen-bond donors (Lipinski definition) is 4. The molecule has 0 atom stereocenters. The first kappa shape index (κ1) is 17.2. The van der Waals surface area contributed by atoms with Crippen LogP contribution in [0.25, 0.3) is 5.57 Å². The number of nitrogens with one attached hydrogen (secondary N) is 2. The second-order valence-electron chi connectivity index (χ2n) is 5.95. The molecule has 0 spiro atoms. The number of phenols is 2. The van der Waals surface area contributed by atoms with E-state index in [1.165, 1.54) is 12.1 Å². The summed E-state index contributed by atoms with van der Waals surface area (Å²) in [4.78, 5) is 13.2. The van der Waals surface area contributed by atoms with Crippen LogP contribution in [0.1, 0.15) is 27.9 Å². The second-order valence-corrected chi connectivity index (χ2v) is 6.39. The van der Waals surface area contributed by atoms with E-state index in [4.69, 9.17) is 11.6 Å². The van der Waals surface area contributed by atoms with E-state index in [0.29, 0.717) is 33.1 Å². The fraction of sp³-hybridized carbons (Fsp3) is 0.211. The molecule has 25 heavy (non-hydrogen) atoms. The Morgan fingerprint density at radius 1 is 1.04 bits per heavy atom. The lowest BCUT2D eigenvalue weighted by Crippen LogP contribution is -2.37. The molecule has 0 saturated carbocycles. The predicted molar refractivity (Wildman–Crippen MR) is 97.8 cm³/mol. The Balaban J connectivity index is 2.15. The van der Waals surface area contributed by atoms with E-state index in [0.717, 1.165) is 19.5 Å². The maximum absolute atomic E-state index is 13.2.